The van der Waals surface area contributed by atoms with Gasteiger partial charge in [0.25, 0.3) is 0 Å². The minimum atomic E-state index is 0. The quantitative estimate of drug-likeness (QED) is 0.880. The van der Waals surface area contributed by atoms with Gasteiger partial charge in [0.05, 0.1) is 11.9 Å². The van der Waals surface area contributed by atoms with Crippen molar-refractivity contribution in [2.24, 2.45) is 5.73 Å². The molecule has 0 heterocycles. The van der Waals surface area contributed by atoms with Gasteiger partial charge < -0.3 is 10.5 Å². The molecule has 1 rings (SSSR count). The van der Waals surface area contributed by atoms with Crippen molar-refractivity contribution >= 4 is 12.4 Å². The second-order valence-corrected chi connectivity index (χ2v) is 2.87. The zero-order valence-corrected chi connectivity index (χ0v) is 9.34. The highest BCUT2D eigenvalue weighted by atomic mass is 35.5. The molecule has 0 atom stereocenters. The molecule has 0 amide bonds. The first-order valence-electron chi connectivity index (χ1n) is 4.42. The lowest BCUT2D eigenvalue weighted by Crippen LogP contribution is -2.11. The van der Waals surface area contributed by atoms with Crippen LogP contribution in [-0.4, -0.2) is 13.2 Å². The lowest BCUT2D eigenvalue weighted by Gasteiger charge is -2.07. The standard InChI is InChI=1S/C11H11FN2O.ClH/c12-5-9(6-13)8-15-11-4-2-1-3-10(11)7-14;/h1-5H,6,8,13H2;1H. The molecule has 1 aromatic rings. The normalized spacial score (nSPS) is 10.2. The van der Waals surface area contributed by atoms with Crippen LogP contribution in [0.4, 0.5) is 4.39 Å². The van der Waals surface area contributed by atoms with Crippen molar-refractivity contribution in [2.75, 3.05) is 13.2 Å². The molecule has 0 saturated heterocycles. The number of nitriles is 1. The highest BCUT2D eigenvalue weighted by Crippen LogP contribution is 2.17. The minimum Gasteiger partial charge on any atom is -0.488 e. The van der Waals surface area contributed by atoms with Crippen LogP contribution in [0.5, 0.6) is 5.75 Å². The van der Waals surface area contributed by atoms with Gasteiger partial charge in [0.2, 0.25) is 0 Å². The summed E-state index contributed by atoms with van der Waals surface area (Å²) in [4.78, 5) is 0. The van der Waals surface area contributed by atoms with E-state index in [1.807, 2.05) is 6.07 Å². The van der Waals surface area contributed by atoms with Crippen molar-refractivity contribution in [3.05, 3.63) is 41.7 Å². The summed E-state index contributed by atoms with van der Waals surface area (Å²) in [6.45, 7) is 0.164. The average molecular weight is 243 g/mol. The van der Waals surface area contributed by atoms with Crippen molar-refractivity contribution in [1.82, 2.24) is 0 Å². The summed E-state index contributed by atoms with van der Waals surface area (Å²) < 4.78 is 17.4. The van der Waals surface area contributed by atoms with Crippen LogP contribution in [0, 0.1) is 11.3 Å². The van der Waals surface area contributed by atoms with Gasteiger partial charge in [-0.3, -0.25) is 0 Å². The molecule has 0 radical (unpaired) electrons. The molecule has 0 bridgehead atoms. The summed E-state index contributed by atoms with van der Waals surface area (Å²) in [6.07, 6.45) is 0.426. The molecule has 0 aliphatic carbocycles. The maximum atomic E-state index is 12.2. The maximum Gasteiger partial charge on any atom is 0.137 e. The number of halogens is 2. The summed E-state index contributed by atoms with van der Waals surface area (Å²) in [5, 5.41) is 8.75. The molecule has 0 unspecified atom stereocenters. The average Bonchev–Trinajstić information content (AvgIpc) is 2.31. The Kier molecular flexibility index (Phi) is 6.93. The van der Waals surface area contributed by atoms with E-state index in [0.29, 0.717) is 23.2 Å². The molecule has 0 aromatic heterocycles. The van der Waals surface area contributed by atoms with Crippen LogP contribution in [0.15, 0.2) is 36.2 Å². The highest BCUT2D eigenvalue weighted by molar-refractivity contribution is 5.85. The number of hydrogen-bond donors (Lipinski definition) is 1. The molecule has 0 aliphatic heterocycles. The Balaban J connectivity index is 0.00000225. The van der Waals surface area contributed by atoms with Crippen molar-refractivity contribution in [1.29, 1.82) is 5.26 Å². The molecule has 3 nitrogen and oxygen atoms in total. The largest absolute Gasteiger partial charge is 0.488 e. The second-order valence-electron chi connectivity index (χ2n) is 2.87. The summed E-state index contributed by atoms with van der Waals surface area (Å²) in [5.41, 5.74) is 6.04. The molecule has 0 spiro atoms. The van der Waals surface area contributed by atoms with Crippen LogP contribution in [-0.2, 0) is 0 Å². The number of hydrogen-bond acceptors (Lipinski definition) is 3. The van der Waals surface area contributed by atoms with Gasteiger partial charge in [0, 0.05) is 12.1 Å². The predicted molar refractivity (Wildman–Crippen MR) is 62.1 cm³/mol. The Morgan fingerprint density at radius 2 is 2.19 bits per heavy atom. The summed E-state index contributed by atoms with van der Waals surface area (Å²) in [6, 6.07) is 8.76. The van der Waals surface area contributed by atoms with Gasteiger partial charge in [-0.25, -0.2) is 4.39 Å². The fourth-order valence-electron chi connectivity index (χ4n) is 0.990. The van der Waals surface area contributed by atoms with Gasteiger partial charge in [0.1, 0.15) is 18.4 Å². The Bertz CT molecular complexity index is 401. The van der Waals surface area contributed by atoms with E-state index in [2.05, 4.69) is 0 Å². The molecule has 0 saturated carbocycles. The number of nitrogens with zero attached hydrogens (tertiary/aromatic N) is 1. The molecular formula is C11H12ClFN2O. The summed E-state index contributed by atoms with van der Waals surface area (Å²) >= 11 is 0. The van der Waals surface area contributed by atoms with Crippen molar-refractivity contribution in [3.63, 3.8) is 0 Å². The molecule has 5 heteroatoms. The zero-order chi connectivity index (χ0) is 11.1. The number of benzene rings is 1. The molecule has 1 aromatic carbocycles. The fraction of sp³-hybridized carbons (Fsp3) is 0.182. The topological polar surface area (TPSA) is 59.0 Å². The lowest BCUT2D eigenvalue weighted by atomic mass is 10.2. The summed E-state index contributed by atoms with van der Waals surface area (Å²) in [5.74, 6) is 0.438. The van der Waals surface area contributed by atoms with Crippen molar-refractivity contribution in [2.45, 2.75) is 0 Å². The number of rotatable bonds is 4. The first-order chi connectivity index (χ1) is 7.31. The van der Waals surface area contributed by atoms with E-state index in [-0.39, 0.29) is 25.6 Å². The van der Waals surface area contributed by atoms with Gasteiger partial charge in [-0.2, -0.15) is 5.26 Å². The predicted octanol–water partition coefficient (Wildman–Crippen LogP) is 2.17. The van der Waals surface area contributed by atoms with Crippen molar-refractivity contribution in [3.8, 4) is 11.8 Å². The van der Waals surface area contributed by atoms with Crippen LogP contribution in [0.3, 0.4) is 0 Å². The first kappa shape index (κ1) is 14.4. The van der Waals surface area contributed by atoms with Gasteiger partial charge in [-0.15, -0.1) is 12.4 Å². The van der Waals surface area contributed by atoms with Crippen LogP contribution < -0.4 is 10.5 Å². The SMILES string of the molecule is Cl.N#Cc1ccccc1OCC(=CF)CN. The summed E-state index contributed by atoms with van der Waals surface area (Å²) in [7, 11) is 0. The Labute approximate surface area is 99.7 Å². The van der Waals surface area contributed by atoms with Gasteiger partial charge in [0.15, 0.2) is 0 Å². The molecule has 0 fully saturated rings. The smallest absolute Gasteiger partial charge is 0.137 e. The Morgan fingerprint density at radius 1 is 1.50 bits per heavy atom. The maximum absolute atomic E-state index is 12.2. The van der Waals surface area contributed by atoms with E-state index in [1.54, 1.807) is 24.3 Å². The van der Waals surface area contributed by atoms with Crippen LogP contribution in [0.25, 0.3) is 0 Å². The van der Waals surface area contributed by atoms with Crippen LogP contribution >= 0.6 is 12.4 Å². The monoisotopic (exact) mass is 242 g/mol. The third kappa shape index (κ3) is 3.89. The molecule has 86 valence electrons. The first-order valence-corrected chi connectivity index (χ1v) is 4.42. The van der Waals surface area contributed by atoms with E-state index in [1.165, 1.54) is 0 Å². The Hall–Kier alpha value is -1.57. The number of nitrogens with two attached hydrogens (primary N) is 1. The van der Waals surface area contributed by atoms with Gasteiger partial charge >= 0.3 is 0 Å². The third-order valence-corrected chi connectivity index (χ3v) is 1.84. The fourth-order valence-corrected chi connectivity index (χ4v) is 0.990. The van der Waals surface area contributed by atoms with E-state index < -0.39 is 0 Å². The lowest BCUT2D eigenvalue weighted by molar-refractivity contribution is 0.346. The zero-order valence-electron chi connectivity index (χ0n) is 8.52. The van der Waals surface area contributed by atoms with E-state index in [9.17, 15) is 4.39 Å². The molecule has 0 aliphatic rings. The minimum absolute atomic E-state index is 0. The number of ether oxygens (including phenoxy) is 1. The van der Waals surface area contributed by atoms with Crippen molar-refractivity contribution < 1.29 is 9.13 Å². The van der Waals surface area contributed by atoms with E-state index in [4.69, 9.17) is 15.7 Å². The highest BCUT2D eigenvalue weighted by Gasteiger charge is 2.02. The van der Waals surface area contributed by atoms with Gasteiger partial charge in [-0.1, -0.05) is 12.1 Å². The molecule has 2 N–H and O–H groups in total. The van der Waals surface area contributed by atoms with E-state index in [0.717, 1.165) is 0 Å². The molecular weight excluding hydrogens is 231 g/mol. The Morgan fingerprint density at radius 3 is 2.75 bits per heavy atom. The molecule has 16 heavy (non-hydrogen) atoms. The van der Waals surface area contributed by atoms with Gasteiger partial charge in [-0.05, 0) is 12.1 Å². The van der Waals surface area contributed by atoms with Crippen LogP contribution in [0.2, 0.25) is 0 Å². The third-order valence-electron chi connectivity index (χ3n) is 1.84. The van der Waals surface area contributed by atoms with E-state index >= 15 is 0 Å². The van der Waals surface area contributed by atoms with Crippen LogP contribution in [0.1, 0.15) is 5.56 Å². The second kappa shape index (κ2) is 7.69. The number of para-hydroxylation sites is 1.